The second kappa shape index (κ2) is 26.3. The first-order valence-electron chi connectivity index (χ1n) is 11.4. The van der Waals surface area contributed by atoms with E-state index in [1.807, 2.05) is 55.4 Å². The summed E-state index contributed by atoms with van der Waals surface area (Å²) >= 11 is 0. The van der Waals surface area contributed by atoms with Gasteiger partial charge in [-0.1, -0.05) is 118 Å². The van der Waals surface area contributed by atoms with Gasteiger partial charge in [0.15, 0.2) is 0 Å². The number of ether oxygens (including phenoxy) is 2. The van der Waals surface area contributed by atoms with Crippen LogP contribution < -0.4 is 0 Å². The highest BCUT2D eigenvalue weighted by Crippen LogP contribution is 2.47. The molecular weight excluding hydrogens is 388 g/mol. The first-order valence-corrected chi connectivity index (χ1v) is 11.4. The highest BCUT2D eigenvalue weighted by atomic mass is 16.6. The highest BCUT2D eigenvalue weighted by molar-refractivity contribution is 5.80. The number of benzene rings is 2. The predicted octanol–water partition coefficient (Wildman–Crippen LogP) is 7.26. The van der Waals surface area contributed by atoms with Crippen LogP contribution >= 0.6 is 0 Å². The number of hydrogen-bond acceptors (Lipinski definition) is 4. The van der Waals surface area contributed by atoms with E-state index in [-0.39, 0.29) is 19.0 Å². The fraction of sp³-hybridized carbons (Fsp3) is 0.556. The van der Waals surface area contributed by atoms with Crippen LogP contribution in [0.25, 0.3) is 11.1 Å². The Morgan fingerprint density at radius 1 is 0.581 bits per heavy atom. The smallest absolute Gasteiger partial charge is 0.143 e. The van der Waals surface area contributed by atoms with Crippen molar-refractivity contribution >= 4 is 0 Å². The molecule has 0 aliphatic heterocycles. The Labute approximate surface area is 193 Å². The Kier molecular flexibility index (Phi) is 31.1. The van der Waals surface area contributed by atoms with E-state index in [4.69, 9.17) is 10.2 Å². The molecule has 1 aliphatic carbocycles. The van der Waals surface area contributed by atoms with Crippen LogP contribution in [0, 0.1) is 0 Å². The van der Waals surface area contributed by atoms with Crippen molar-refractivity contribution in [1.82, 2.24) is 0 Å². The van der Waals surface area contributed by atoms with Crippen LogP contribution in [0.15, 0.2) is 48.5 Å². The Balaban J connectivity index is -0.000000192. The van der Waals surface area contributed by atoms with E-state index in [9.17, 15) is 0 Å². The summed E-state index contributed by atoms with van der Waals surface area (Å²) < 4.78 is 8.19. The summed E-state index contributed by atoms with van der Waals surface area (Å²) in [7, 11) is 2.86. The molecule has 2 aromatic carbocycles. The molecule has 2 N–H and O–H groups in total. The van der Waals surface area contributed by atoms with Gasteiger partial charge < -0.3 is 19.7 Å². The van der Waals surface area contributed by atoms with Crippen LogP contribution in [-0.4, -0.2) is 38.0 Å². The molecule has 0 atom stereocenters. The second-order valence-electron chi connectivity index (χ2n) is 5.55. The molecule has 31 heavy (non-hydrogen) atoms. The minimum absolute atomic E-state index is 0.160. The molecule has 182 valence electrons. The number of fused-ring (bicyclic) bond motifs is 3. The monoisotopic (exact) mass is 438 g/mol. The average Bonchev–Trinajstić information content (AvgIpc) is 3.12. The summed E-state index contributed by atoms with van der Waals surface area (Å²) in [4.78, 5) is 0. The number of methoxy groups -OCH3 is 2. The SMILES string of the molecule is CC.CC.CC.CC.CC1(C)c2ccccc2-c2ccccc21.COCO.COCO. The second-order valence-corrected chi connectivity index (χ2v) is 5.55. The van der Waals surface area contributed by atoms with Crippen LogP contribution in [0.2, 0.25) is 0 Å². The van der Waals surface area contributed by atoms with Gasteiger partial charge in [0.25, 0.3) is 0 Å². The van der Waals surface area contributed by atoms with Gasteiger partial charge in [-0.2, -0.15) is 0 Å². The summed E-state index contributed by atoms with van der Waals surface area (Å²) in [6.45, 7) is 20.2. The van der Waals surface area contributed by atoms with E-state index in [1.165, 1.54) is 36.5 Å². The van der Waals surface area contributed by atoms with Crippen molar-refractivity contribution < 1.29 is 19.7 Å². The molecule has 2 aromatic rings. The zero-order valence-electron chi connectivity index (χ0n) is 22.2. The molecule has 0 amide bonds. The fourth-order valence-corrected chi connectivity index (χ4v) is 2.67. The van der Waals surface area contributed by atoms with Crippen molar-refractivity contribution in [3.05, 3.63) is 59.7 Å². The molecule has 0 bridgehead atoms. The average molecular weight is 439 g/mol. The van der Waals surface area contributed by atoms with Crippen molar-refractivity contribution in [2.24, 2.45) is 0 Å². The molecule has 0 saturated carbocycles. The molecule has 0 unspecified atom stereocenters. The standard InChI is InChI=1S/C15H14.2C2H6O2.4C2H6/c1-15(2)13-9-5-3-7-11(13)12-8-4-6-10-14(12)15;2*1-4-2-3;4*1-2/h3-10H,1-2H3;2*3H,2H2,1H3;4*1-2H3. The lowest BCUT2D eigenvalue weighted by molar-refractivity contribution is 0.0322. The number of hydrogen-bond donors (Lipinski definition) is 2. The van der Waals surface area contributed by atoms with E-state index in [2.05, 4.69) is 71.9 Å². The maximum absolute atomic E-state index is 7.65. The molecule has 0 spiro atoms. The molecule has 4 heteroatoms. The van der Waals surface area contributed by atoms with Crippen LogP contribution in [-0.2, 0) is 14.9 Å². The zero-order chi connectivity index (χ0) is 25.3. The third kappa shape index (κ3) is 13.3. The number of rotatable bonds is 2. The third-order valence-electron chi connectivity index (χ3n) is 3.75. The normalized spacial score (nSPS) is 10.4. The maximum atomic E-state index is 7.65. The quantitative estimate of drug-likeness (QED) is 0.484. The largest absolute Gasteiger partial charge is 0.371 e. The van der Waals surface area contributed by atoms with Crippen molar-refractivity contribution in [3.8, 4) is 11.1 Å². The molecular formula is C27H50O4. The minimum Gasteiger partial charge on any atom is -0.371 e. The zero-order valence-corrected chi connectivity index (χ0v) is 22.2. The summed E-state index contributed by atoms with van der Waals surface area (Å²) in [6, 6.07) is 17.4. The van der Waals surface area contributed by atoms with Crippen molar-refractivity contribution in [2.75, 3.05) is 27.8 Å². The van der Waals surface area contributed by atoms with Gasteiger partial charge in [-0.05, 0) is 22.3 Å². The Morgan fingerprint density at radius 3 is 1.03 bits per heavy atom. The van der Waals surface area contributed by atoms with Gasteiger partial charge in [-0.25, -0.2) is 0 Å². The van der Waals surface area contributed by atoms with E-state index in [0.29, 0.717) is 0 Å². The van der Waals surface area contributed by atoms with E-state index in [0.717, 1.165) is 0 Å². The van der Waals surface area contributed by atoms with Gasteiger partial charge in [-0.15, -0.1) is 0 Å². The molecule has 0 saturated heterocycles. The summed E-state index contributed by atoms with van der Waals surface area (Å²) in [6.07, 6.45) is 0. The van der Waals surface area contributed by atoms with Gasteiger partial charge in [0, 0.05) is 19.6 Å². The van der Waals surface area contributed by atoms with E-state index >= 15 is 0 Å². The molecule has 4 nitrogen and oxygen atoms in total. The molecule has 3 rings (SSSR count). The Bertz CT molecular complexity index is 540. The van der Waals surface area contributed by atoms with Gasteiger partial charge in [0.1, 0.15) is 13.6 Å². The van der Waals surface area contributed by atoms with Gasteiger partial charge in [-0.3, -0.25) is 0 Å². The van der Waals surface area contributed by atoms with Gasteiger partial charge >= 0.3 is 0 Å². The minimum atomic E-state index is -0.181. The van der Waals surface area contributed by atoms with Crippen LogP contribution in [0.1, 0.15) is 80.4 Å². The Morgan fingerprint density at radius 2 is 0.806 bits per heavy atom. The highest BCUT2D eigenvalue weighted by Gasteiger charge is 2.34. The molecule has 0 fully saturated rings. The lowest BCUT2D eigenvalue weighted by Crippen LogP contribution is -2.14. The van der Waals surface area contributed by atoms with Crippen LogP contribution in [0.4, 0.5) is 0 Å². The molecule has 0 radical (unpaired) electrons. The molecule has 0 aromatic heterocycles. The fourth-order valence-electron chi connectivity index (χ4n) is 2.67. The predicted molar refractivity (Wildman–Crippen MR) is 138 cm³/mol. The third-order valence-corrected chi connectivity index (χ3v) is 3.75. The number of aliphatic hydroxyl groups excluding tert-OH is 2. The van der Waals surface area contributed by atoms with Crippen molar-refractivity contribution in [2.45, 2.75) is 74.7 Å². The van der Waals surface area contributed by atoms with E-state index < -0.39 is 0 Å². The molecule has 1 aliphatic rings. The summed E-state index contributed by atoms with van der Waals surface area (Å²) in [5, 5.41) is 15.3. The first kappa shape index (κ1) is 36.6. The van der Waals surface area contributed by atoms with Gasteiger partial charge in [0.05, 0.1) is 0 Å². The number of aliphatic hydroxyl groups is 2. The van der Waals surface area contributed by atoms with Crippen molar-refractivity contribution in [3.63, 3.8) is 0 Å². The lowest BCUT2D eigenvalue weighted by atomic mass is 9.82. The van der Waals surface area contributed by atoms with Gasteiger partial charge in [0.2, 0.25) is 0 Å². The Hall–Kier alpha value is -1.72. The van der Waals surface area contributed by atoms with Crippen molar-refractivity contribution in [1.29, 1.82) is 0 Å². The van der Waals surface area contributed by atoms with E-state index in [1.54, 1.807) is 0 Å². The lowest BCUT2D eigenvalue weighted by Gasteiger charge is -2.20. The van der Waals surface area contributed by atoms with Crippen LogP contribution in [0.5, 0.6) is 0 Å². The maximum Gasteiger partial charge on any atom is 0.143 e. The first-order chi connectivity index (χ1) is 15.0. The summed E-state index contributed by atoms with van der Waals surface area (Å²) in [5.41, 5.74) is 5.86. The summed E-state index contributed by atoms with van der Waals surface area (Å²) in [5.74, 6) is 0. The van der Waals surface area contributed by atoms with Crippen LogP contribution in [0.3, 0.4) is 0 Å². The molecule has 0 heterocycles. The topological polar surface area (TPSA) is 58.9 Å².